The third-order valence-corrected chi connectivity index (χ3v) is 9.94. The van der Waals surface area contributed by atoms with E-state index in [9.17, 15) is 4.39 Å². The van der Waals surface area contributed by atoms with Gasteiger partial charge in [-0.15, -0.1) is 6.58 Å². The maximum Gasteiger partial charge on any atom is 0.167 e. The van der Waals surface area contributed by atoms with E-state index < -0.39 is 23.3 Å². The van der Waals surface area contributed by atoms with Crippen molar-refractivity contribution in [2.45, 2.75) is 103 Å². The van der Waals surface area contributed by atoms with Gasteiger partial charge in [0.25, 0.3) is 0 Å². The van der Waals surface area contributed by atoms with Crippen LogP contribution in [0.5, 0.6) is 0 Å². The molecule has 0 saturated heterocycles. The molecule has 2 aromatic rings. The summed E-state index contributed by atoms with van der Waals surface area (Å²) in [6, 6.07) is 3.38. The lowest BCUT2D eigenvalue weighted by Crippen LogP contribution is -2.25. The fourth-order valence-corrected chi connectivity index (χ4v) is 7.59. The standard InChI is InChI=1S/C34H42F4/c1-3-5-6-7-25-18-27-20-28-19-26(32(36)34(38)30(28)29(27)33(37)31(25)35)17-12-22-10-15-24(16-11-22)23-13-8-21(4-2)9-14-23/h4,18-19,21-24H,2-3,5-17,20H2,1H3. The molecule has 0 N–H and O–H groups in total. The van der Waals surface area contributed by atoms with E-state index in [-0.39, 0.29) is 11.1 Å². The minimum atomic E-state index is -1.03. The van der Waals surface area contributed by atoms with Crippen LogP contribution in [0.15, 0.2) is 24.8 Å². The van der Waals surface area contributed by atoms with Gasteiger partial charge in [0.1, 0.15) is 0 Å². The Morgan fingerprint density at radius 1 is 0.711 bits per heavy atom. The first-order chi connectivity index (χ1) is 18.4. The molecule has 0 spiro atoms. The molecule has 0 aromatic heterocycles. The number of allylic oxidation sites excluding steroid dienone is 1. The topological polar surface area (TPSA) is 0 Å². The molecule has 0 nitrogen and oxygen atoms in total. The zero-order valence-electron chi connectivity index (χ0n) is 22.9. The van der Waals surface area contributed by atoms with Gasteiger partial charge in [-0.3, -0.25) is 0 Å². The number of halogens is 4. The molecule has 0 aliphatic heterocycles. The fourth-order valence-electron chi connectivity index (χ4n) is 7.59. The lowest BCUT2D eigenvalue weighted by atomic mass is 9.68. The van der Waals surface area contributed by atoms with Crippen LogP contribution in [-0.2, 0) is 19.3 Å². The summed E-state index contributed by atoms with van der Waals surface area (Å²) in [6.45, 7) is 6.02. The second-order valence-electron chi connectivity index (χ2n) is 12.3. The highest BCUT2D eigenvalue weighted by atomic mass is 19.2. The number of fused-ring (bicyclic) bond motifs is 3. The lowest BCUT2D eigenvalue weighted by molar-refractivity contribution is 0.152. The normalized spacial score (nSPS) is 24.8. The summed E-state index contributed by atoms with van der Waals surface area (Å²) in [6.07, 6.45) is 17.0. The first-order valence-corrected chi connectivity index (χ1v) is 15.0. The Balaban J connectivity index is 1.23. The van der Waals surface area contributed by atoms with Crippen LogP contribution in [-0.4, -0.2) is 0 Å². The zero-order chi connectivity index (χ0) is 26.8. The predicted molar refractivity (Wildman–Crippen MR) is 147 cm³/mol. The summed E-state index contributed by atoms with van der Waals surface area (Å²) in [5, 5.41) is 0. The Bertz CT molecular complexity index is 1150. The number of hydrogen-bond acceptors (Lipinski definition) is 0. The first-order valence-electron chi connectivity index (χ1n) is 15.0. The second-order valence-corrected chi connectivity index (χ2v) is 12.3. The highest BCUT2D eigenvalue weighted by Crippen LogP contribution is 2.45. The first kappa shape index (κ1) is 27.5. The van der Waals surface area contributed by atoms with Crippen molar-refractivity contribution in [3.05, 3.63) is 70.3 Å². The molecule has 0 heterocycles. The number of benzene rings is 2. The van der Waals surface area contributed by atoms with Crippen molar-refractivity contribution < 1.29 is 17.6 Å². The molecule has 38 heavy (non-hydrogen) atoms. The molecule has 2 fully saturated rings. The van der Waals surface area contributed by atoms with Gasteiger partial charge in [0.15, 0.2) is 23.3 Å². The maximum absolute atomic E-state index is 15.3. The molecule has 2 saturated carbocycles. The molecule has 5 rings (SSSR count). The average Bonchev–Trinajstić information content (AvgIpc) is 3.31. The Labute approximate surface area is 225 Å². The van der Waals surface area contributed by atoms with E-state index in [4.69, 9.17) is 0 Å². The van der Waals surface area contributed by atoms with Crippen LogP contribution in [0.2, 0.25) is 0 Å². The van der Waals surface area contributed by atoms with E-state index in [0.29, 0.717) is 53.4 Å². The lowest BCUT2D eigenvalue weighted by Gasteiger charge is -2.37. The monoisotopic (exact) mass is 526 g/mol. The number of unbranched alkanes of at least 4 members (excludes halogenated alkanes) is 2. The Hall–Kier alpha value is -2.10. The van der Waals surface area contributed by atoms with Crippen molar-refractivity contribution in [1.29, 1.82) is 0 Å². The quantitative estimate of drug-likeness (QED) is 0.148. The van der Waals surface area contributed by atoms with Gasteiger partial charge in [0, 0.05) is 11.1 Å². The van der Waals surface area contributed by atoms with Gasteiger partial charge in [-0.25, -0.2) is 17.6 Å². The third-order valence-electron chi connectivity index (χ3n) is 9.94. The van der Waals surface area contributed by atoms with Crippen LogP contribution in [0.1, 0.15) is 106 Å². The molecule has 0 atom stereocenters. The number of hydrogen-bond donors (Lipinski definition) is 0. The minimum absolute atomic E-state index is 0.0792. The highest BCUT2D eigenvalue weighted by molar-refractivity contribution is 5.79. The third kappa shape index (κ3) is 5.47. The van der Waals surface area contributed by atoms with Crippen LogP contribution in [0.4, 0.5) is 17.6 Å². The summed E-state index contributed by atoms with van der Waals surface area (Å²) in [4.78, 5) is 0. The Morgan fingerprint density at radius 2 is 1.24 bits per heavy atom. The molecular weight excluding hydrogens is 484 g/mol. The van der Waals surface area contributed by atoms with E-state index in [1.807, 2.05) is 0 Å². The smallest absolute Gasteiger partial charge is 0.167 e. The van der Waals surface area contributed by atoms with E-state index in [1.165, 1.54) is 38.5 Å². The van der Waals surface area contributed by atoms with Crippen LogP contribution in [0.3, 0.4) is 0 Å². The zero-order valence-corrected chi connectivity index (χ0v) is 22.9. The van der Waals surface area contributed by atoms with Gasteiger partial charge in [-0.05, 0) is 117 Å². The van der Waals surface area contributed by atoms with Crippen LogP contribution in [0, 0.1) is 46.9 Å². The molecule has 0 unspecified atom stereocenters. The predicted octanol–water partition coefficient (Wildman–Crippen LogP) is 10.3. The maximum atomic E-state index is 15.3. The van der Waals surface area contributed by atoms with Crippen molar-refractivity contribution in [1.82, 2.24) is 0 Å². The van der Waals surface area contributed by atoms with Gasteiger partial charge in [0.05, 0.1) is 0 Å². The summed E-state index contributed by atoms with van der Waals surface area (Å²) < 4.78 is 60.4. The molecule has 3 aliphatic carbocycles. The van der Waals surface area contributed by atoms with Gasteiger partial charge >= 0.3 is 0 Å². The second kappa shape index (κ2) is 12.0. The molecule has 0 bridgehead atoms. The summed E-state index contributed by atoms with van der Waals surface area (Å²) in [7, 11) is 0. The van der Waals surface area contributed by atoms with Crippen molar-refractivity contribution in [3.63, 3.8) is 0 Å². The SMILES string of the molecule is C=CC1CCC(C2CCC(CCc3cc4c(c(F)c3F)-c3c(cc(CCCCC)c(F)c3F)C4)CC2)CC1. The van der Waals surface area contributed by atoms with Crippen molar-refractivity contribution in [2.24, 2.45) is 23.7 Å². The van der Waals surface area contributed by atoms with Crippen molar-refractivity contribution in [2.75, 3.05) is 0 Å². The van der Waals surface area contributed by atoms with E-state index >= 15 is 13.2 Å². The van der Waals surface area contributed by atoms with Gasteiger partial charge in [-0.1, -0.05) is 50.8 Å². The molecular formula is C34H42F4. The molecule has 0 amide bonds. The van der Waals surface area contributed by atoms with Gasteiger partial charge in [-0.2, -0.15) is 0 Å². The Morgan fingerprint density at radius 3 is 1.76 bits per heavy atom. The summed E-state index contributed by atoms with van der Waals surface area (Å²) in [5.74, 6) is -0.971. The van der Waals surface area contributed by atoms with Crippen LogP contribution >= 0.6 is 0 Å². The van der Waals surface area contributed by atoms with Crippen LogP contribution < -0.4 is 0 Å². The molecule has 3 aliphatic rings. The molecule has 2 aromatic carbocycles. The fraction of sp³-hybridized carbons (Fsp3) is 0.588. The van der Waals surface area contributed by atoms with Gasteiger partial charge in [0.2, 0.25) is 0 Å². The highest BCUT2D eigenvalue weighted by Gasteiger charge is 2.33. The Kier molecular flexibility index (Phi) is 8.65. The number of aryl methyl sites for hydroxylation is 2. The van der Waals surface area contributed by atoms with E-state index in [1.54, 1.807) is 12.1 Å². The largest absolute Gasteiger partial charge is 0.203 e. The van der Waals surface area contributed by atoms with Crippen molar-refractivity contribution in [3.8, 4) is 11.1 Å². The van der Waals surface area contributed by atoms with E-state index in [2.05, 4.69) is 19.6 Å². The van der Waals surface area contributed by atoms with E-state index in [0.717, 1.165) is 50.4 Å². The molecule has 0 radical (unpaired) electrons. The van der Waals surface area contributed by atoms with Crippen molar-refractivity contribution >= 4 is 0 Å². The number of rotatable bonds is 9. The van der Waals surface area contributed by atoms with Crippen LogP contribution in [0.25, 0.3) is 11.1 Å². The minimum Gasteiger partial charge on any atom is -0.203 e. The summed E-state index contributed by atoms with van der Waals surface area (Å²) >= 11 is 0. The molecule has 206 valence electrons. The summed E-state index contributed by atoms with van der Waals surface area (Å²) in [5.41, 5.74) is 1.71. The molecule has 4 heteroatoms. The van der Waals surface area contributed by atoms with Gasteiger partial charge < -0.3 is 0 Å². The average molecular weight is 527 g/mol.